The fourth-order valence-electron chi connectivity index (χ4n) is 2.19. The first kappa shape index (κ1) is 12.8. The van der Waals surface area contributed by atoms with Crippen LogP contribution in [0.2, 0.25) is 5.02 Å². The molecule has 1 aliphatic heterocycles. The fraction of sp³-hybridized carbons (Fsp3) is 0.538. The largest absolute Gasteiger partial charge is 0.314 e. The van der Waals surface area contributed by atoms with E-state index in [-0.39, 0.29) is 10.8 Å². The van der Waals surface area contributed by atoms with Gasteiger partial charge in [-0.25, -0.2) is 4.39 Å². The van der Waals surface area contributed by atoms with Crippen LogP contribution in [0, 0.1) is 19.7 Å². The molecule has 0 atom stereocenters. The van der Waals surface area contributed by atoms with Crippen molar-refractivity contribution in [1.29, 1.82) is 0 Å². The zero-order valence-electron chi connectivity index (χ0n) is 10.3. The van der Waals surface area contributed by atoms with Gasteiger partial charge >= 0.3 is 0 Å². The molecule has 2 nitrogen and oxygen atoms in total. The van der Waals surface area contributed by atoms with E-state index in [1.165, 1.54) is 0 Å². The summed E-state index contributed by atoms with van der Waals surface area (Å²) in [7, 11) is 0. The molecule has 1 saturated heterocycles. The second kappa shape index (κ2) is 5.34. The topological polar surface area (TPSA) is 15.3 Å². The van der Waals surface area contributed by atoms with Gasteiger partial charge in [0.05, 0.1) is 5.02 Å². The monoisotopic (exact) mass is 256 g/mol. The zero-order valence-corrected chi connectivity index (χ0v) is 11.1. The molecule has 0 aliphatic carbocycles. The quantitative estimate of drug-likeness (QED) is 0.875. The van der Waals surface area contributed by atoms with Gasteiger partial charge in [0.2, 0.25) is 0 Å². The first-order chi connectivity index (χ1) is 8.09. The lowest BCUT2D eigenvalue weighted by Gasteiger charge is -2.28. The standard InChI is InChI=1S/C13H18ClFN2/c1-9-7-12(14)13(15)11(10(9)2)8-17-5-3-16-4-6-17/h7,16H,3-6,8H2,1-2H3. The van der Waals surface area contributed by atoms with Crippen LogP contribution in [0.3, 0.4) is 0 Å². The van der Waals surface area contributed by atoms with Crippen molar-refractivity contribution >= 4 is 11.6 Å². The highest BCUT2D eigenvalue weighted by atomic mass is 35.5. The minimum atomic E-state index is -0.256. The van der Waals surface area contributed by atoms with Crippen LogP contribution >= 0.6 is 11.6 Å². The third-order valence-electron chi connectivity index (χ3n) is 3.45. The smallest absolute Gasteiger partial charge is 0.146 e. The van der Waals surface area contributed by atoms with Crippen LogP contribution in [-0.2, 0) is 6.54 Å². The van der Waals surface area contributed by atoms with E-state index in [2.05, 4.69) is 10.2 Å². The molecule has 94 valence electrons. The van der Waals surface area contributed by atoms with Gasteiger partial charge in [0.1, 0.15) is 5.82 Å². The summed E-state index contributed by atoms with van der Waals surface area (Å²) >= 11 is 5.90. The van der Waals surface area contributed by atoms with Crippen LogP contribution in [0.1, 0.15) is 16.7 Å². The van der Waals surface area contributed by atoms with Gasteiger partial charge < -0.3 is 5.32 Å². The Morgan fingerprint density at radius 1 is 1.35 bits per heavy atom. The second-order valence-corrected chi connectivity index (χ2v) is 5.03. The third-order valence-corrected chi connectivity index (χ3v) is 3.73. The van der Waals surface area contributed by atoms with Gasteiger partial charge in [-0.3, -0.25) is 4.90 Å². The van der Waals surface area contributed by atoms with Crippen LogP contribution < -0.4 is 5.32 Å². The summed E-state index contributed by atoms with van der Waals surface area (Å²) in [6.45, 7) is 8.46. The third kappa shape index (κ3) is 2.79. The number of nitrogens with zero attached hydrogens (tertiary/aromatic N) is 1. The lowest BCUT2D eigenvalue weighted by Crippen LogP contribution is -2.43. The van der Waals surface area contributed by atoms with E-state index in [0.717, 1.165) is 42.9 Å². The van der Waals surface area contributed by atoms with E-state index in [1.54, 1.807) is 6.07 Å². The predicted octanol–water partition coefficient (Wildman–Crippen LogP) is 2.50. The number of aryl methyl sites for hydroxylation is 1. The van der Waals surface area contributed by atoms with Gasteiger partial charge in [0.25, 0.3) is 0 Å². The molecule has 1 aromatic rings. The minimum absolute atomic E-state index is 0.234. The molecular formula is C13H18ClFN2. The number of halogens is 2. The zero-order chi connectivity index (χ0) is 12.4. The minimum Gasteiger partial charge on any atom is -0.314 e. The maximum atomic E-state index is 14.0. The van der Waals surface area contributed by atoms with Gasteiger partial charge in [0, 0.05) is 38.3 Å². The Kier molecular flexibility index (Phi) is 4.02. The molecule has 0 saturated carbocycles. The summed E-state index contributed by atoms with van der Waals surface area (Å²) in [6, 6.07) is 1.70. The van der Waals surface area contributed by atoms with Gasteiger partial charge in [0.15, 0.2) is 0 Å². The highest BCUT2D eigenvalue weighted by Gasteiger charge is 2.17. The Bertz CT molecular complexity index is 388. The van der Waals surface area contributed by atoms with Gasteiger partial charge in [-0.05, 0) is 31.0 Å². The molecule has 17 heavy (non-hydrogen) atoms. The van der Waals surface area contributed by atoms with Crippen molar-refractivity contribution in [3.63, 3.8) is 0 Å². The molecule has 0 radical (unpaired) electrons. The van der Waals surface area contributed by atoms with Crippen LogP contribution in [0.4, 0.5) is 4.39 Å². The van der Waals surface area contributed by atoms with Crippen LogP contribution in [-0.4, -0.2) is 31.1 Å². The molecule has 0 aromatic heterocycles. The summed E-state index contributed by atoms with van der Waals surface area (Å²) in [5, 5.41) is 3.53. The maximum Gasteiger partial charge on any atom is 0.146 e. The molecule has 0 unspecified atom stereocenters. The van der Waals surface area contributed by atoms with Crippen molar-refractivity contribution in [2.75, 3.05) is 26.2 Å². The number of benzene rings is 1. The maximum absolute atomic E-state index is 14.0. The van der Waals surface area contributed by atoms with Crippen LogP contribution in [0.15, 0.2) is 6.07 Å². The molecule has 1 heterocycles. The molecule has 0 bridgehead atoms. The molecular weight excluding hydrogens is 239 g/mol. The first-order valence-corrected chi connectivity index (χ1v) is 6.34. The normalized spacial score (nSPS) is 17.4. The van der Waals surface area contributed by atoms with Gasteiger partial charge in [-0.2, -0.15) is 0 Å². The van der Waals surface area contributed by atoms with E-state index in [1.807, 2.05) is 13.8 Å². The van der Waals surface area contributed by atoms with Crippen molar-refractivity contribution in [1.82, 2.24) is 10.2 Å². The summed E-state index contributed by atoms with van der Waals surface area (Å²) < 4.78 is 14.0. The molecule has 1 N–H and O–H groups in total. The number of hydrogen-bond acceptors (Lipinski definition) is 2. The lowest BCUT2D eigenvalue weighted by atomic mass is 10.0. The summed E-state index contributed by atoms with van der Waals surface area (Å²) in [5.41, 5.74) is 2.82. The average Bonchev–Trinajstić information content (AvgIpc) is 2.33. The van der Waals surface area contributed by atoms with Crippen LogP contribution in [0.25, 0.3) is 0 Å². The number of rotatable bonds is 2. The average molecular weight is 257 g/mol. The molecule has 2 rings (SSSR count). The molecule has 1 aliphatic rings. The summed E-state index contributed by atoms with van der Waals surface area (Å²) in [4.78, 5) is 2.26. The SMILES string of the molecule is Cc1cc(Cl)c(F)c(CN2CCNCC2)c1C. The van der Waals surface area contributed by atoms with Crippen molar-refractivity contribution in [3.8, 4) is 0 Å². The predicted molar refractivity (Wildman–Crippen MR) is 69.0 cm³/mol. The Morgan fingerprint density at radius 3 is 2.65 bits per heavy atom. The van der Waals surface area contributed by atoms with E-state index >= 15 is 0 Å². The number of piperazine rings is 1. The molecule has 1 aromatic carbocycles. The van der Waals surface area contributed by atoms with Crippen molar-refractivity contribution < 1.29 is 4.39 Å². The Balaban J connectivity index is 2.24. The second-order valence-electron chi connectivity index (χ2n) is 4.62. The van der Waals surface area contributed by atoms with E-state index in [4.69, 9.17) is 11.6 Å². The highest BCUT2D eigenvalue weighted by molar-refractivity contribution is 6.30. The molecule has 0 amide bonds. The van der Waals surface area contributed by atoms with Gasteiger partial charge in [-0.15, -0.1) is 0 Å². The fourth-order valence-corrected chi connectivity index (χ4v) is 2.47. The number of nitrogens with one attached hydrogen (secondary N) is 1. The molecule has 1 fully saturated rings. The summed E-state index contributed by atoms with van der Waals surface area (Å²) in [6.07, 6.45) is 0. The molecule has 0 spiro atoms. The Hall–Kier alpha value is -0.640. The molecule has 4 heteroatoms. The van der Waals surface area contributed by atoms with E-state index < -0.39 is 0 Å². The Morgan fingerprint density at radius 2 is 2.00 bits per heavy atom. The van der Waals surface area contributed by atoms with Crippen molar-refractivity contribution in [2.24, 2.45) is 0 Å². The first-order valence-electron chi connectivity index (χ1n) is 5.96. The van der Waals surface area contributed by atoms with Crippen molar-refractivity contribution in [2.45, 2.75) is 20.4 Å². The summed E-state index contributed by atoms with van der Waals surface area (Å²) in [5.74, 6) is -0.256. The van der Waals surface area contributed by atoms with Gasteiger partial charge in [-0.1, -0.05) is 11.6 Å². The van der Waals surface area contributed by atoms with Crippen molar-refractivity contribution in [3.05, 3.63) is 33.6 Å². The van der Waals surface area contributed by atoms with Crippen LogP contribution in [0.5, 0.6) is 0 Å². The van der Waals surface area contributed by atoms with E-state index in [0.29, 0.717) is 6.54 Å². The number of hydrogen-bond donors (Lipinski definition) is 1. The lowest BCUT2D eigenvalue weighted by molar-refractivity contribution is 0.230. The highest BCUT2D eigenvalue weighted by Crippen LogP contribution is 2.26. The van der Waals surface area contributed by atoms with E-state index in [9.17, 15) is 4.39 Å². The Labute approximate surface area is 107 Å².